The quantitative estimate of drug-likeness (QED) is 0.626. The zero-order valence-electron chi connectivity index (χ0n) is 18.5. The van der Waals surface area contributed by atoms with Gasteiger partial charge in [0.25, 0.3) is 5.56 Å². The monoisotopic (exact) mass is 409 g/mol. The van der Waals surface area contributed by atoms with Crippen LogP contribution < -0.4 is 21.2 Å². The van der Waals surface area contributed by atoms with Gasteiger partial charge in [0.2, 0.25) is 0 Å². The molecule has 2 N–H and O–H groups in total. The second-order valence-electron chi connectivity index (χ2n) is 7.77. The molecule has 0 radical (unpaired) electrons. The number of H-pyrrole nitrogens is 1. The van der Waals surface area contributed by atoms with Crippen LogP contribution in [0.2, 0.25) is 0 Å². The predicted octanol–water partition coefficient (Wildman–Crippen LogP) is 2.20. The summed E-state index contributed by atoms with van der Waals surface area (Å²) in [6, 6.07) is 6.01. The van der Waals surface area contributed by atoms with Crippen LogP contribution in [-0.2, 0) is 6.42 Å². The largest absolute Gasteiger partial charge is 0.395 e. The van der Waals surface area contributed by atoms with Gasteiger partial charge < -0.3 is 10.0 Å². The van der Waals surface area contributed by atoms with E-state index in [2.05, 4.69) is 29.6 Å². The Morgan fingerprint density at radius 2 is 2.07 bits per heavy atom. The molecule has 7 heteroatoms. The third-order valence-electron chi connectivity index (χ3n) is 5.38. The van der Waals surface area contributed by atoms with Crippen molar-refractivity contribution in [1.82, 2.24) is 14.6 Å². The van der Waals surface area contributed by atoms with Gasteiger partial charge in [-0.05, 0) is 49.9 Å². The molecule has 2 heterocycles. The minimum absolute atomic E-state index is 0.0905. The van der Waals surface area contributed by atoms with Crippen LogP contribution in [0.3, 0.4) is 0 Å². The first-order chi connectivity index (χ1) is 14.3. The van der Waals surface area contributed by atoms with Crippen molar-refractivity contribution in [3.8, 4) is 0 Å². The molecule has 0 fully saturated rings. The van der Waals surface area contributed by atoms with E-state index in [4.69, 9.17) is 9.98 Å². The predicted molar refractivity (Wildman–Crippen MR) is 121 cm³/mol. The fourth-order valence-corrected chi connectivity index (χ4v) is 3.76. The van der Waals surface area contributed by atoms with Gasteiger partial charge in [0.05, 0.1) is 23.3 Å². The highest BCUT2D eigenvalue weighted by atomic mass is 16.3. The van der Waals surface area contributed by atoms with Crippen molar-refractivity contribution in [3.05, 3.63) is 56.1 Å². The van der Waals surface area contributed by atoms with E-state index >= 15 is 0 Å². The molecule has 0 aliphatic heterocycles. The Bertz CT molecular complexity index is 1220. The number of nitrogens with zero attached hydrogens (tertiary/aromatic N) is 4. The van der Waals surface area contributed by atoms with Gasteiger partial charge in [0.15, 0.2) is 5.65 Å². The minimum atomic E-state index is -0.0905. The smallest absolute Gasteiger partial charge is 0.276 e. The minimum Gasteiger partial charge on any atom is -0.395 e. The lowest BCUT2D eigenvalue weighted by atomic mass is 10.0. The van der Waals surface area contributed by atoms with Crippen molar-refractivity contribution in [2.24, 2.45) is 4.99 Å². The van der Waals surface area contributed by atoms with Crippen LogP contribution in [0, 0.1) is 6.92 Å². The molecule has 7 nitrogen and oxygen atoms in total. The lowest BCUT2D eigenvalue weighted by molar-refractivity contribution is 0.302. The van der Waals surface area contributed by atoms with Crippen molar-refractivity contribution in [1.29, 1.82) is 0 Å². The Morgan fingerprint density at radius 1 is 1.33 bits per heavy atom. The molecule has 0 saturated carbocycles. The average Bonchev–Trinajstić information content (AvgIpc) is 3.03. The SMILES string of the molecule is C=c1[nH]n2c(=O)c(CC)c(C(C)C)nc2c1=Nc1ccc(N(CC)CCO)cc1C. The summed E-state index contributed by atoms with van der Waals surface area (Å²) in [5, 5.41) is 13.4. The second-order valence-corrected chi connectivity index (χ2v) is 7.77. The zero-order chi connectivity index (χ0) is 22.0. The highest BCUT2D eigenvalue weighted by Gasteiger charge is 2.16. The van der Waals surface area contributed by atoms with Gasteiger partial charge in [0, 0.05) is 24.3 Å². The second kappa shape index (κ2) is 8.83. The molecule has 3 rings (SSSR count). The third kappa shape index (κ3) is 3.89. The molecule has 2 aromatic heterocycles. The zero-order valence-corrected chi connectivity index (χ0v) is 18.5. The van der Waals surface area contributed by atoms with Crippen molar-refractivity contribution >= 4 is 23.6 Å². The standard InChI is InChI=1S/C23H31N5O2/c1-7-18-20(14(3)4)25-22-21(16(6)26-28(22)23(18)30)24-19-10-9-17(13-15(19)5)27(8-2)11-12-29/h9-10,13-14,26,29H,6-8,11-12H2,1-5H3. The molecular formula is C23H31N5O2. The summed E-state index contributed by atoms with van der Waals surface area (Å²) in [6.07, 6.45) is 0.628. The Morgan fingerprint density at radius 3 is 2.63 bits per heavy atom. The van der Waals surface area contributed by atoms with Crippen molar-refractivity contribution < 1.29 is 5.11 Å². The molecule has 3 aromatic rings. The number of benzene rings is 1. The first-order valence-electron chi connectivity index (χ1n) is 10.5. The topological polar surface area (TPSA) is 86.0 Å². The number of rotatable bonds is 7. The molecule has 1 aromatic carbocycles. The summed E-state index contributed by atoms with van der Waals surface area (Å²) >= 11 is 0. The Labute approximate surface area is 176 Å². The lowest BCUT2D eigenvalue weighted by Gasteiger charge is -2.22. The highest BCUT2D eigenvalue weighted by molar-refractivity contribution is 5.58. The first-order valence-corrected chi connectivity index (χ1v) is 10.5. The third-order valence-corrected chi connectivity index (χ3v) is 5.38. The van der Waals surface area contributed by atoms with Gasteiger partial charge in [-0.3, -0.25) is 9.89 Å². The summed E-state index contributed by atoms with van der Waals surface area (Å²) in [5.74, 6) is 0.140. The molecule has 0 aliphatic carbocycles. The number of likely N-dealkylation sites (N-methyl/N-ethyl adjacent to an activating group) is 1. The van der Waals surface area contributed by atoms with E-state index in [0.717, 1.165) is 34.7 Å². The maximum Gasteiger partial charge on any atom is 0.276 e. The molecule has 0 unspecified atom stereocenters. The number of aliphatic hydroxyl groups excluding tert-OH is 1. The fraction of sp³-hybridized carbons (Fsp3) is 0.435. The number of fused-ring (bicyclic) bond motifs is 1. The van der Waals surface area contributed by atoms with Crippen LogP contribution >= 0.6 is 0 Å². The number of anilines is 1. The number of aliphatic hydroxyl groups is 1. The molecule has 0 atom stereocenters. The van der Waals surface area contributed by atoms with Crippen molar-refractivity contribution in [3.63, 3.8) is 0 Å². The number of aromatic nitrogens is 3. The Kier molecular flexibility index (Phi) is 6.41. The number of hydrogen-bond acceptors (Lipinski definition) is 5. The van der Waals surface area contributed by atoms with Crippen LogP contribution in [0.25, 0.3) is 12.2 Å². The molecule has 0 spiro atoms. The normalized spacial score (nSPS) is 12.3. The van der Waals surface area contributed by atoms with Gasteiger partial charge in [-0.1, -0.05) is 27.4 Å². The van der Waals surface area contributed by atoms with E-state index in [1.807, 2.05) is 39.8 Å². The first kappa shape index (κ1) is 21.8. The molecule has 30 heavy (non-hydrogen) atoms. The maximum atomic E-state index is 13.0. The van der Waals surface area contributed by atoms with Gasteiger partial charge in [-0.25, -0.2) is 9.98 Å². The molecule has 160 valence electrons. The Hall–Kier alpha value is -2.93. The van der Waals surface area contributed by atoms with E-state index in [-0.39, 0.29) is 18.1 Å². The van der Waals surface area contributed by atoms with E-state index in [9.17, 15) is 9.90 Å². The molecular weight excluding hydrogens is 378 g/mol. The van der Waals surface area contributed by atoms with E-state index in [1.165, 1.54) is 4.52 Å². The summed E-state index contributed by atoms with van der Waals surface area (Å²) in [4.78, 5) is 24.7. The summed E-state index contributed by atoms with van der Waals surface area (Å²) in [7, 11) is 0. The molecule has 0 saturated heterocycles. The van der Waals surface area contributed by atoms with Crippen LogP contribution in [0.5, 0.6) is 0 Å². The fourth-order valence-electron chi connectivity index (χ4n) is 3.76. The summed E-state index contributed by atoms with van der Waals surface area (Å²) in [5.41, 5.74) is 4.79. The van der Waals surface area contributed by atoms with Crippen LogP contribution in [0.15, 0.2) is 28.0 Å². The highest BCUT2D eigenvalue weighted by Crippen LogP contribution is 2.24. The van der Waals surface area contributed by atoms with E-state index in [0.29, 0.717) is 29.3 Å². The molecule has 0 bridgehead atoms. The van der Waals surface area contributed by atoms with Crippen LogP contribution in [-0.4, -0.2) is 39.4 Å². The van der Waals surface area contributed by atoms with Gasteiger partial charge in [-0.15, -0.1) is 0 Å². The maximum absolute atomic E-state index is 13.0. The van der Waals surface area contributed by atoms with Crippen LogP contribution in [0.4, 0.5) is 11.4 Å². The number of aryl methyl sites for hydroxylation is 1. The van der Waals surface area contributed by atoms with Gasteiger partial charge >= 0.3 is 0 Å². The number of hydrogen-bond donors (Lipinski definition) is 2. The Balaban J connectivity index is 2.21. The van der Waals surface area contributed by atoms with Crippen molar-refractivity contribution in [2.45, 2.75) is 47.0 Å². The molecule has 0 aliphatic rings. The van der Waals surface area contributed by atoms with E-state index < -0.39 is 0 Å². The molecule has 0 amide bonds. The van der Waals surface area contributed by atoms with Gasteiger partial charge in [-0.2, -0.15) is 4.52 Å². The van der Waals surface area contributed by atoms with Crippen molar-refractivity contribution in [2.75, 3.05) is 24.6 Å². The average molecular weight is 410 g/mol. The number of aromatic amines is 1. The summed E-state index contributed by atoms with van der Waals surface area (Å²) in [6.45, 7) is 15.7. The van der Waals surface area contributed by atoms with Crippen LogP contribution in [0.1, 0.15) is 50.4 Å². The van der Waals surface area contributed by atoms with E-state index in [1.54, 1.807) is 0 Å². The number of nitrogens with one attached hydrogen (secondary N) is 1. The lowest BCUT2D eigenvalue weighted by Crippen LogP contribution is -2.26. The van der Waals surface area contributed by atoms with Gasteiger partial charge in [0.1, 0.15) is 5.36 Å². The summed E-state index contributed by atoms with van der Waals surface area (Å²) < 4.78 is 1.45.